The summed E-state index contributed by atoms with van der Waals surface area (Å²) < 4.78 is 7.55. The smallest absolute Gasteiger partial charge is 0.314 e. The topological polar surface area (TPSA) is 67.7 Å². The van der Waals surface area contributed by atoms with Crippen LogP contribution in [0, 0.1) is 0 Å². The lowest BCUT2D eigenvalue weighted by molar-refractivity contribution is 0.241. The van der Waals surface area contributed by atoms with Crippen LogP contribution in [0.4, 0.5) is 4.79 Å². The number of hydrogen-bond donors (Lipinski definition) is 2. The third kappa shape index (κ3) is 6.99. The molecule has 0 aliphatic heterocycles. The second-order valence-corrected chi connectivity index (χ2v) is 8.23. The average Bonchev–Trinajstić information content (AvgIpc) is 3.23. The highest BCUT2D eigenvalue weighted by molar-refractivity contribution is 7.07. The van der Waals surface area contributed by atoms with E-state index < -0.39 is 0 Å². The van der Waals surface area contributed by atoms with Crippen molar-refractivity contribution in [2.75, 3.05) is 26.7 Å². The molecule has 0 unspecified atom stereocenters. The minimum absolute atomic E-state index is 0.121. The fourth-order valence-corrected chi connectivity index (χ4v) is 4.39. The first-order chi connectivity index (χ1) is 15.7. The predicted molar refractivity (Wildman–Crippen MR) is 131 cm³/mol. The van der Waals surface area contributed by atoms with Crippen LogP contribution in [0.25, 0.3) is 11.3 Å². The maximum atomic E-state index is 11.7. The first-order valence-electron chi connectivity index (χ1n) is 11.1. The molecule has 2 N–H and O–H groups in total. The molecule has 0 aliphatic rings. The van der Waals surface area contributed by atoms with Gasteiger partial charge in [0, 0.05) is 31.6 Å². The van der Waals surface area contributed by atoms with Gasteiger partial charge in [-0.2, -0.15) is 0 Å². The Morgan fingerprint density at radius 1 is 1.06 bits per heavy atom. The summed E-state index contributed by atoms with van der Waals surface area (Å²) >= 11 is 1.67. The number of nitrogens with one attached hydrogen (secondary N) is 2. The van der Waals surface area contributed by atoms with Crippen molar-refractivity contribution in [3.8, 4) is 17.0 Å². The number of thiazole rings is 1. The highest BCUT2D eigenvalue weighted by atomic mass is 32.1. The van der Waals surface area contributed by atoms with Crippen LogP contribution in [0.15, 0.2) is 65.0 Å². The van der Waals surface area contributed by atoms with Gasteiger partial charge >= 0.3 is 6.03 Å². The summed E-state index contributed by atoms with van der Waals surface area (Å²) in [5.41, 5.74) is 3.61. The number of aromatic nitrogens is 1. The van der Waals surface area contributed by atoms with E-state index in [-0.39, 0.29) is 6.03 Å². The van der Waals surface area contributed by atoms with Crippen LogP contribution >= 0.6 is 11.3 Å². The molecule has 3 rings (SSSR count). The molecule has 6 nitrogen and oxygen atoms in total. The molecular weight excluding hydrogens is 420 g/mol. The van der Waals surface area contributed by atoms with Gasteiger partial charge in [-0.1, -0.05) is 30.3 Å². The standard InChI is InChI=1S/C25H32N4O2S/c1-3-26-24(30)27-17-8-18-29-23(21-12-14-22(31-2)15-13-21)19-32-25(29)28-16-7-11-20-9-5-4-6-10-20/h4-6,9-10,12-15,19H,3,7-8,11,16-18H2,1-2H3,(H2,26,27,30)/b28-25-. The van der Waals surface area contributed by atoms with Crippen molar-refractivity contribution in [3.05, 3.63) is 70.3 Å². The Hall–Kier alpha value is -3.06. The quantitative estimate of drug-likeness (QED) is 0.422. The molecule has 0 radical (unpaired) electrons. The van der Waals surface area contributed by atoms with E-state index in [0.29, 0.717) is 13.1 Å². The minimum atomic E-state index is -0.121. The number of hydrogen-bond acceptors (Lipinski definition) is 4. The molecule has 1 heterocycles. The third-order valence-electron chi connectivity index (χ3n) is 5.08. The number of ether oxygens (including phenoxy) is 1. The van der Waals surface area contributed by atoms with Gasteiger partial charge in [0.1, 0.15) is 5.75 Å². The molecule has 32 heavy (non-hydrogen) atoms. The summed E-state index contributed by atoms with van der Waals surface area (Å²) in [7, 11) is 1.67. The Balaban J connectivity index is 1.71. The summed E-state index contributed by atoms with van der Waals surface area (Å²) in [5, 5.41) is 7.83. The van der Waals surface area contributed by atoms with Crippen LogP contribution in [0.2, 0.25) is 0 Å². The van der Waals surface area contributed by atoms with Crippen molar-refractivity contribution in [2.24, 2.45) is 4.99 Å². The lowest BCUT2D eigenvalue weighted by atomic mass is 10.1. The first-order valence-corrected chi connectivity index (χ1v) is 12.0. The first kappa shape index (κ1) is 23.6. The van der Waals surface area contributed by atoms with Crippen LogP contribution in [-0.2, 0) is 13.0 Å². The summed E-state index contributed by atoms with van der Waals surface area (Å²) in [6.07, 6.45) is 2.87. The van der Waals surface area contributed by atoms with Gasteiger partial charge in [0.25, 0.3) is 0 Å². The maximum Gasteiger partial charge on any atom is 0.314 e. The normalized spacial score (nSPS) is 11.4. The van der Waals surface area contributed by atoms with Crippen LogP contribution < -0.4 is 20.2 Å². The Labute approximate surface area is 194 Å². The zero-order valence-electron chi connectivity index (χ0n) is 18.8. The van der Waals surface area contributed by atoms with E-state index in [4.69, 9.17) is 9.73 Å². The largest absolute Gasteiger partial charge is 0.497 e. The summed E-state index contributed by atoms with van der Waals surface area (Å²) in [6.45, 7) is 4.72. The Morgan fingerprint density at radius 3 is 2.56 bits per heavy atom. The highest BCUT2D eigenvalue weighted by Gasteiger charge is 2.09. The van der Waals surface area contributed by atoms with E-state index in [1.54, 1.807) is 18.4 Å². The number of aryl methyl sites for hydroxylation is 1. The Bertz CT molecular complexity index is 1030. The molecule has 2 amide bonds. The van der Waals surface area contributed by atoms with Crippen molar-refractivity contribution < 1.29 is 9.53 Å². The molecule has 0 saturated carbocycles. The summed E-state index contributed by atoms with van der Waals surface area (Å²) in [4.78, 5) is 17.6. The van der Waals surface area contributed by atoms with Gasteiger partial charge in [0.2, 0.25) is 0 Å². The van der Waals surface area contributed by atoms with Gasteiger partial charge in [0.15, 0.2) is 4.80 Å². The Kier molecular flexibility index (Phi) is 9.37. The fourth-order valence-electron chi connectivity index (χ4n) is 3.43. The molecule has 2 aromatic carbocycles. The number of carbonyl (C=O) groups is 1. The average molecular weight is 453 g/mol. The maximum absolute atomic E-state index is 11.7. The minimum Gasteiger partial charge on any atom is -0.497 e. The number of benzene rings is 2. The molecule has 0 fully saturated rings. The zero-order valence-corrected chi connectivity index (χ0v) is 19.7. The van der Waals surface area contributed by atoms with Crippen molar-refractivity contribution in [3.63, 3.8) is 0 Å². The van der Waals surface area contributed by atoms with Crippen molar-refractivity contribution in [1.29, 1.82) is 0 Å². The number of urea groups is 1. The predicted octanol–water partition coefficient (Wildman–Crippen LogP) is 4.47. The van der Waals surface area contributed by atoms with Gasteiger partial charge < -0.3 is 19.9 Å². The second kappa shape index (κ2) is 12.7. The number of rotatable bonds is 11. The number of nitrogens with zero attached hydrogens (tertiary/aromatic N) is 2. The number of carbonyl (C=O) groups excluding carboxylic acids is 1. The van der Waals surface area contributed by atoms with E-state index in [9.17, 15) is 4.79 Å². The summed E-state index contributed by atoms with van der Waals surface area (Å²) in [5.74, 6) is 0.840. The molecule has 0 atom stereocenters. The summed E-state index contributed by atoms with van der Waals surface area (Å²) in [6, 6.07) is 18.5. The van der Waals surface area contributed by atoms with Crippen LogP contribution in [0.5, 0.6) is 5.75 Å². The van der Waals surface area contributed by atoms with E-state index >= 15 is 0 Å². The van der Waals surface area contributed by atoms with Crippen LogP contribution in [0.3, 0.4) is 0 Å². The van der Waals surface area contributed by atoms with Crippen molar-refractivity contribution >= 4 is 17.4 Å². The van der Waals surface area contributed by atoms with E-state index in [1.807, 2.05) is 25.1 Å². The van der Waals surface area contributed by atoms with E-state index in [0.717, 1.165) is 54.2 Å². The van der Waals surface area contributed by atoms with Crippen molar-refractivity contribution in [2.45, 2.75) is 32.7 Å². The molecule has 0 aliphatic carbocycles. The lowest BCUT2D eigenvalue weighted by Crippen LogP contribution is -2.36. The van der Waals surface area contributed by atoms with E-state index in [2.05, 4.69) is 57.0 Å². The zero-order chi connectivity index (χ0) is 22.6. The monoisotopic (exact) mass is 452 g/mol. The molecule has 0 spiro atoms. The number of methoxy groups -OCH3 is 1. The van der Waals surface area contributed by atoms with Crippen LogP contribution in [-0.4, -0.2) is 37.3 Å². The highest BCUT2D eigenvalue weighted by Crippen LogP contribution is 2.23. The van der Waals surface area contributed by atoms with Gasteiger partial charge in [-0.25, -0.2) is 4.79 Å². The fraction of sp³-hybridized carbons (Fsp3) is 0.360. The molecule has 3 aromatic rings. The molecule has 1 aromatic heterocycles. The molecule has 0 saturated heterocycles. The molecule has 170 valence electrons. The third-order valence-corrected chi connectivity index (χ3v) is 5.98. The van der Waals surface area contributed by atoms with E-state index in [1.165, 1.54) is 5.56 Å². The van der Waals surface area contributed by atoms with Gasteiger partial charge in [-0.05, 0) is 61.6 Å². The molecule has 7 heteroatoms. The SMILES string of the molecule is CCNC(=O)NCCCn1c(-c2ccc(OC)cc2)cs/c1=N\CCCc1ccccc1. The van der Waals surface area contributed by atoms with Gasteiger partial charge in [0.05, 0.1) is 12.8 Å². The lowest BCUT2D eigenvalue weighted by Gasteiger charge is -2.11. The number of amides is 2. The Morgan fingerprint density at radius 2 is 1.84 bits per heavy atom. The molecular formula is C25H32N4O2S. The van der Waals surface area contributed by atoms with Crippen LogP contribution in [0.1, 0.15) is 25.3 Å². The molecule has 0 bridgehead atoms. The van der Waals surface area contributed by atoms with Crippen molar-refractivity contribution in [1.82, 2.24) is 15.2 Å². The second-order valence-electron chi connectivity index (χ2n) is 7.39. The van der Waals surface area contributed by atoms with Gasteiger partial charge in [-0.3, -0.25) is 4.99 Å². The van der Waals surface area contributed by atoms with Gasteiger partial charge in [-0.15, -0.1) is 11.3 Å².